The number of halogens is 1. The molecule has 19 heavy (non-hydrogen) atoms. The van der Waals surface area contributed by atoms with Crippen molar-refractivity contribution in [3.8, 4) is 0 Å². The van der Waals surface area contributed by atoms with E-state index in [9.17, 15) is 0 Å². The Kier molecular flexibility index (Phi) is 4.77. The van der Waals surface area contributed by atoms with Gasteiger partial charge in [-0.1, -0.05) is 48.0 Å². The Morgan fingerprint density at radius 1 is 1.32 bits per heavy atom. The lowest BCUT2D eigenvalue weighted by atomic mass is 9.97. The van der Waals surface area contributed by atoms with E-state index in [1.165, 1.54) is 5.56 Å². The first-order chi connectivity index (χ1) is 9.19. The molecule has 2 N–H and O–H groups in total. The number of aromatic nitrogens is 2. The van der Waals surface area contributed by atoms with Crippen LogP contribution in [0.3, 0.4) is 0 Å². The Hall–Kier alpha value is -1.13. The van der Waals surface area contributed by atoms with Gasteiger partial charge in [0.15, 0.2) is 0 Å². The summed E-state index contributed by atoms with van der Waals surface area (Å²) in [6.07, 6.45) is 5.71. The number of aryl methyl sites for hydroxylation is 1. The van der Waals surface area contributed by atoms with Crippen LogP contribution in [0, 0.1) is 0 Å². The van der Waals surface area contributed by atoms with Crippen LogP contribution in [0.15, 0.2) is 41.1 Å². The zero-order chi connectivity index (χ0) is 13.8. The Bertz CT molecular complexity index is 536. The van der Waals surface area contributed by atoms with Crippen LogP contribution in [0.25, 0.3) is 0 Å². The highest BCUT2D eigenvalue weighted by Crippen LogP contribution is 2.30. The number of nitrogens with two attached hydrogens (primary N) is 1. The third kappa shape index (κ3) is 2.90. The second kappa shape index (κ2) is 6.35. The summed E-state index contributed by atoms with van der Waals surface area (Å²) in [6, 6.07) is 8.46. The van der Waals surface area contributed by atoms with Gasteiger partial charge in [-0.3, -0.25) is 0 Å². The lowest BCUT2D eigenvalue weighted by molar-refractivity contribution is 0.445. The smallest absolute Gasteiger partial charge is 0.108 e. The molecule has 0 saturated carbocycles. The van der Waals surface area contributed by atoms with Crippen LogP contribution in [-0.4, -0.2) is 15.6 Å². The van der Waals surface area contributed by atoms with Gasteiger partial charge in [0, 0.05) is 29.3 Å². The van der Waals surface area contributed by atoms with Crippen molar-refractivity contribution in [2.75, 3.05) is 0 Å². The Morgan fingerprint density at radius 3 is 2.68 bits per heavy atom. The molecule has 0 amide bonds. The van der Waals surface area contributed by atoms with E-state index in [0.717, 1.165) is 23.1 Å². The molecule has 3 nitrogen and oxygen atoms in total. The highest BCUT2D eigenvalue weighted by Gasteiger charge is 2.23. The summed E-state index contributed by atoms with van der Waals surface area (Å²) < 4.78 is 3.30. The van der Waals surface area contributed by atoms with Crippen molar-refractivity contribution in [3.05, 3.63) is 52.5 Å². The number of rotatable bonds is 5. The molecule has 0 bridgehead atoms. The normalized spacial score (nSPS) is 14.3. The Balaban J connectivity index is 2.51. The van der Waals surface area contributed by atoms with Crippen molar-refractivity contribution in [3.63, 3.8) is 0 Å². The van der Waals surface area contributed by atoms with Crippen LogP contribution in [-0.2, 0) is 6.42 Å². The fraction of sp³-hybridized carbons (Fsp3) is 0.400. The SMILES string of the molecule is CCc1nccn1C(c1ccccc1Br)C(N)CC. The van der Waals surface area contributed by atoms with Crippen molar-refractivity contribution >= 4 is 15.9 Å². The summed E-state index contributed by atoms with van der Waals surface area (Å²) in [5, 5.41) is 0. The van der Waals surface area contributed by atoms with Crippen LogP contribution in [0.4, 0.5) is 0 Å². The molecule has 0 spiro atoms. The third-order valence-corrected chi connectivity index (χ3v) is 4.19. The highest BCUT2D eigenvalue weighted by atomic mass is 79.9. The number of imidazole rings is 1. The average molecular weight is 322 g/mol. The van der Waals surface area contributed by atoms with Crippen molar-refractivity contribution in [2.45, 2.75) is 38.8 Å². The minimum absolute atomic E-state index is 0.0678. The number of benzene rings is 1. The first-order valence-corrected chi connectivity index (χ1v) is 7.50. The molecular formula is C15H20BrN3. The largest absolute Gasteiger partial charge is 0.326 e. The minimum atomic E-state index is 0.0678. The summed E-state index contributed by atoms with van der Waals surface area (Å²) in [5.74, 6) is 1.07. The van der Waals surface area contributed by atoms with E-state index < -0.39 is 0 Å². The van der Waals surface area contributed by atoms with E-state index >= 15 is 0 Å². The van der Waals surface area contributed by atoms with Crippen LogP contribution >= 0.6 is 15.9 Å². The molecule has 1 aromatic heterocycles. The van der Waals surface area contributed by atoms with E-state index in [2.05, 4.69) is 57.5 Å². The van der Waals surface area contributed by atoms with Crippen LogP contribution < -0.4 is 5.73 Å². The zero-order valence-electron chi connectivity index (χ0n) is 11.4. The highest BCUT2D eigenvalue weighted by molar-refractivity contribution is 9.10. The molecule has 102 valence electrons. The third-order valence-electron chi connectivity index (χ3n) is 3.47. The first kappa shape index (κ1) is 14.3. The lowest BCUT2D eigenvalue weighted by Gasteiger charge is -2.27. The van der Waals surface area contributed by atoms with Crippen LogP contribution in [0.2, 0.25) is 0 Å². The number of nitrogens with zero attached hydrogens (tertiary/aromatic N) is 2. The standard InChI is InChI=1S/C15H20BrN3/c1-3-13(17)15(11-7-5-6-8-12(11)16)19-10-9-18-14(19)4-2/h5-10,13,15H,3-4,17H2,1-2H3. The molecular weight excluding hydrogens is 302 g/mol. The van der Waals surface area contributed by atoms with Gasteiger partial charge in [0.1, 0.15) is 5.82 Å². The fourth-order valence-electron chi connectivity index (χ4n) is 2.40. The zero-order valence-corrected chi connectivity index (χ0v) is 13.0. The topological polar surface area (TPSA) is 43.8 Å². The second-order valence-corrected chi connectivity index (χ2v) is 5.50. The van der Waals surface area contributed by atoms with Gasteiger partial charge in [0.25, 0.3) is 0 Å². The monoisotopic (exact) mass is 321 g/mol. The molecule has 1 aromatic carbocycles. The van der Waals surface area contributed by atoms with Crippen molar-refractivity contribution < 1.29 is 0 Å². The van der Waals surface area contributed by atoms with Crippen LogP contribution in [0.5, 0.6) is 0 Å². The molecule has 0 aliphatic carbocycles. The van der Waals surface area contributed by atoms with E-state index in [1.54, 1.807) is 0 Å². The predicted molar refractivity (Wildman–Crippen MR) is 82.2 cm³/mol. The summed E-state index contributed by atoms with van der Waals surface area (Å²) in [6.45, 7) is 4.24. The van der Waals surface area contributed by atoms with E-state index in [1.807, 2.05) is 18.5 Å². The number of hydrogen-bond acceptors (Lipinski definition) is 2. The molecule has 1 heterocycles. The van der Waals surface area contributed by atoms with Gasteiger partial charge < -0.3 is 10.3 Å². The van der Waals surface area contributed by atoms with Gasteiger partial charge in [-0.05, 0) is 18.1 Å². The second-order valence-electron chi connectivity index (χ2n) is 4.64. The fourth-order valence-corrected chi connectivity index (χ4v) is 2.92. The first-order valence-electron chi connectivity index (χ1n) is 6.70. The maximum absolute atomic E-state index is 6.36. The molecule has 0 aliphatic rings. The molecule has 2 rings (SSSR count). The summed E-state index contributed by atoms with van der Waals surface area (Å²) in [5.41, 5.74) is 7.58. The summed E-state index contributed by atoms with van der Waals surface area (Å²) in [4.78, 5) is 4.42. The molecule has 2 aromatic rings. The maximum atomic E-state index is 6.36. The van der Waals surface area contributed by atoms with Crippen molar-refractivity contribution in [1.82, 2.24) is 9.55 Å². The van der Waals surface area contributed by atoms with Gasteiger partial charge in [0.2, 0.25) is 0 Å². The Morgan fingerprint density at radius 2 is 2.05 bits per heavy atom. The molecule has 0 saturated heterocycles. The average Bonchev–Trinajstić information content (AvgIpc) is 2.89. The van der Waals surface area contributed by atoms with E-state index in [4.69, 9.17) is 5.73 Å². The van der Waals surface area contributed by atoms with E-state index in [0.29, 0.717) is 0 Å². The lowest BCUT2D eigenvalue weighted by Crippen LogP contribution is -2.33. The summed E-state index contributed by atoms with van der Waals surface area (Å²) >= 11 is 3.64. The van der Waals surface area contributed by atoms with Gasteiger partial charge in [-0.25, -0.2) is 4.98 Å². The van der Waals surface area contributed by atoms with Crippen LogP contribution in [0.1, 0.15) is 37.7 Å². The Labute approximate surface area is 123 Å². The summed E-state index contributed by atoms with van der Waals surface area (Å²) in [7, 11) is 0. The molecule has 0 fully saturated rings. The minimum Gasteiger partial charge on any atom is -0.326 e. The molecule has 4 heteroatoms. The molecule has 2 unspecified atom stereocenters. The van der Waals surface area contributed by atoms with Crippen molar-refractivity contribution in [2.24, 2.45) is 5.73 Å². The molecule has 2 atom stereocenters. The predicted octanol–water partition coefficient (Wildman–Crippen LogP) is 3.53. The van der Waals surface area contributed by atoms with Gasteiger partial charge in [0.05, 0.1) is 6.04 Å². The number of hydrogen-bond donors (Lipinski definition) is 1. The maximum Gasteiger partial charge on any atom is 0.108 e. The van der Waals surface area contributed by atoms with E-state index in [-0.39, 0.29) is 12.1 Å². The quantitative estimate of drug-likeness (QED) is 0.915. The molecule has 0 aliphatic heterocycles. The van der Waals surface area contributed by atoms with Crippen molar-refractivity contribution in [1.29, 1.82) is 0 Å². The van der Waals surface area contributed by atoms with Gasteiger partial charge >= 0.3 is 0 Å². The van der Waals surface area contributed by atoms with Gasteiger partial charge in [-0.15, -0.1) is 0 Å². The van der Waals surface area contributed by atoms with Gasteiger partial charge in [-0.2, -0.15) is 0 Å². The molecule has 0 radical (unpaired) electrons.